The van der Waals surface area contributed by atoms with Gasteiger partial charge in [-0.3, -0.25) is 0 Å². The molecule has 0 aliphatic carbocycles. The smallest absolute Gasteiger partial charge is 0.224 e. The minimum Gasteiger partial charge on any atom is -0.438 e. The van der Waals surface area contributed by atoms with E-state index in [1.807, 2.05) is 39.0 Å². The molecule has 2 aromatic rings. The minimum atomic E-state index is 0.197. The summed E-state index contributed by atoms with van der Waals surface area (Å²) in [6.45, 7) is 6.04. The largest absolute Gasteiger partial charge is 0.438 e. The summed E-state index contributed by atoms with van der Waals surface area (Å²) in [5.74, 6) is 2.02. The molecule has 5 heteroatoms. The average Bonchev–Trinajstić information content (AvgIpc) is 2.32. The summed E-state index contributed by atoms with van der Waals surface area (Å²) in [6, 6.07) is 7.47. The van der Waals surface area contributed by atoms with Gasteiger partial charge in [-0.15, -0.1) is 0 Å². The molecule has 1 aromatic carbocycles. The van der Waals surface area contributed by atoms with E-state index in [0.29, 0.717) is 22.6 Å². The number of rotatable bonds is 3. The van der Waals surface area contributed by atoms with Crippen molar-refractivity contribution in [2.24, 2.45) is 0 Å². The predicted octanol–water partition coefficient (Wildman–Crippen LogP) is 5.12. The fourth-order valence-electron chi connectivity index (χ4n) is 1.53. The molecule has 0 N–H and O–H groups in total. The molecule has 0 atom stereocenters. The average molecular weight is 342 g/mol. The van der Waals surface area contributed by atoms with Gasteiger partial charge in [0.2, 0.25) is 5.88 Å². The molecular weight excluding hydrogens is 328 g/mol. The number of ether oxygens (including phenoxy) is 1. The molecule has 19 heavy (non-hydrogen) atoms. The first-order valence-corrected chi connectivity index (χ1v) is 7.11. The highest BCUT2D eigenvalue weighted by molar-refractivity contribution is 9.10. The summed E-state index contributed by atoms with van der Waals surface area (Å²) in [5.41, 5.74) is 1.16. The fourth-order valence-corrected chi connectivity index (χ4v) is 2.28. The van der Waals surface area contributed by atoms with Gasteiger partial charge in [-0.2, -0.15) is 4.98 Å². The summed E-state index contributed by atoms with van der Waals surface area (Å²) in [7, 11) is 0. The van der Waals surface area contributed by atoms with Crippen molar-refractivity contribution < 1.29 is 4.74 Å². The second kappa shape index (κ2) is 5.88. The molecule has 0 aliphatic rings. The monoisotopic (exact) mass is 340 g/mol. The van der Waals surface area contributed by atoms with E-state index >= 15 is 0 Å². The van der Waals surface area contributed by atoms with E-state index < -0.39 is 0 Å². The van der Waals surface area contributed by atoms with Crippen LogP contribution in [0.25, 0.3) is 0 Å². The van der Waals surface area contributed by atoms with E-state index in [1.165, 1.54) is 0 Å². The molecule has 2 rings (SSSR count). The molecule has 0 spiro atoms. The Labute approximate surface area is 126 Å². The van der Waals surface area contributed by atoms with E-state index in [9.17, 15) is 0 Å². The minimum absolute atomic E-state index is 0.197. The van der Waals surface area contributed by atoms with Crippen LogP contribution in [0.5, 0.6) is 11.6 Å². The van der Waals surface area contributed by atoms with Crippen LogP contribution in [0.3, 0.4) is 0 Å². The second-order valence-corrected chi connectivity index (χ2v) is 5.82. The number of aryl methyl sites for hydroxylation is 1. The Hall–Kier alpha value is -1.13. The lowest BCUT2D eigenvalue weighted by Crippen LogP contribution is -2.00. The summed E-state index contributed by atoms with van der Waals surface area (Å²) >= 11 is 9.45. The molecule has 1 heterocycles. The SMILES string of the molecule is Cc1ccc(Oc2cc(Cl)nc(C(C)C)n2)c(Br)c1. The first-order chi connectivity index (χ1) is 8.95. The maximum Gasteiger partial charge on any atom is 0.224 e. The third kappa shape index (κ3) is 3.67. The highest BCUT2D eigenvalue weighted by atomic mass is 79.9. The molecule has 0 aliphatic heterocycles. The lowest BCUT2D eigenvalue weighted by Gasteiger charge is -2.10. The molecule has 0 fully saturated rings. The lowest BCUT2D eigenvalue weighted by molar-refractivity contribution is 0.454. The maximum absolute atomic E-state index is 5.98. The number of benzene rings is 1. The normalized spacial score (nSPS) is 10.8. The zero-order chi connectivity index (χ0) is 14.0. The van der Waals surface area contributed by atoms with Gasteiger partial charge in [-0.1, -0.05) is 31.5 Å². The van der Waals surface area contributed by atoms with Crippen molar-refractivity contribution in [3.05, 3.63) is 45.3 Å². The zero-order valence-corrected chi connectivity index (χ0v) is 13.3. The van der Waals surface area contributed by atoms with Crippen LogP contribution in [0.2, 0.25) is 5.15 Å². The highest BCUT2D eigenvalue weighted by Gasteiger charge is 2.10. The molecule has 1 aromatic heterocycles. The van der Waals surface area contributed by atoms with Crippen molar-refractivity contribution in [3.63, 3.8) is 0 Å². The Bertz CT molecular complexity index is 602. The van der Waals surface area contributed by atoms with E-state index in [2.05, 4.69) is 25.9 Å². The Balaban J connectivity index is 2.32. The number of aromatic nitrogens is 2. The Morgan fingerprint density at radius 1 is 1.21 bits per heavy atom. The van der Waals surface area contributed by atoms with E-state index in [-0.39, 0.29) is 5.92 Å². The van der Waals surface area contributed by atoms with Crippen molar-refractivity contribution >= 4 is 27.5 Å². The van der Waals surface area contributed by atoms with E-state index in [0.717, 1.165) is 10.0 Å². The van der Waals surface area contributed by atoms with Crippen LogP contribution in [0.4, 0.5) is 0 Å². The molecule has 0 amide bonds. The summed E-state index contributed by atoms with van der Waals surface area (Å²) < 4.78 is 6.64. The third-order valence-corrected chi connectivity index (χ3v) is 3.32. The van der Waals surface area contributed by atoms with E-state index in [1.54, 1.807) is 6.07 Å². The summed E-state index contributed by atoms with van der Waals surface area (Å²) in [4.78, 5) is 8.53. The van der Waals surface area contributed by atoms with Gasteiger partial charge in [0.1, 0.15) is 16.7 Å². The molecule has 0 saturated heterocycles. The van der Waals surface area contributed by atoms with Gasteiger partial charge in [0.25, 0.3) is 0 Å². The van der Waals surface area contributed by atoms with Crippen molar-refractivity contribution in [1.29, 1.82) is 0 Å². The highest BCUT2D eigenvalue weighted by Crippen LogP contribution is 2.30. The van der Waals surface area contributed by atoms with Crippen LogP contribution in [-0.4, -0.2) is 9.97 Å². The number of hydrogen-bond donors (Lipinski definition) is 0. The van der Waals surface area contributed by atoms with Crippen LogP contribution in [0, 0.1) is 6.92 Å². The lowest BCUT2D eigenvalue weighted by atomic mass is 10.2. The third-order valence-electron chi connectivity index (χ3n) is 2.51. The summed E-state index contributed by atoms with van der Waals surface area (Å²) in [6.07, 6.45) is 0. The van der Waals surface area contributed by atoms with Crippen LogP contribution < -0.4 is 4.74 Å². The zero-order valence-electron chi connectivity index (χ0n) is 10.9. The van der Waals surface area contributed by atoms with Crippen LogP contribution in [-0.2, 0) is 0 Å². The van der Waals surface area contributed by atoms with Gasteiger partial charge >= 0.3 is 0 Å². The van der Waals surface area contributed by atoms with Gasteiger partial charge in [0.05, 0.1) is 4.47 Å². The van der Waals surface area contributed by atoms with Crippen LogP contribution in [0.1, 0.15) is 31.2 Å². The van der Waals surface area contributed by atoms with Crippen LogP contribution >= 0.6 is 27.5 Å². The van der Waals surface area contributed by atoms with Gasteiger partial charge in [-0.05, 0) is 40.5 Å². The first-order valence-electron chi connectivity index (χ1n) is 5.94. The van der Waals surface area contributed by atoms with Gasteiger partial charge in [0, 0.05) is 12.0 Å². The Morgan fingerprint density at radius 2 is 1.95 bits per heavy atom. The molecule has 0 saturated carbocycles. The summed E-state index contributed by atoms with van der Waals surface area (Å²) in [5, 5.41) is 0.386. The van der Waals surface area contributed by atoms with Gasteiger partial charge in [-0.25, -0.2) is 4.98 Å². The standard InChI is InChI=1S/C14H14BrClN2O/c1-8(2)14-17-12(16)7-13(18-14)19-11-5-4-9(3)6-10(11)15/h4-8H,1-3H3. The number of nitrogens with zero attached hydrogens (tertiary/aromatic N) is 2. The van der Waals surface area contributed by atoms with Crippen molar-refractivity contribution in [2.75, 3.05) is 0 Å². The Morgan fingerprint density at radius 3 is 2.58 bits per heavy atom. The maximum atomic E-state index is 5.98. The van der Waals surface area contributed by atoms with Crippen LogP contribution in [0.15, 0.2) is 28.7 Å². The molecule has 3 nitrogen and oxygen atoms in total. The topological polar surface area (TPSA) is 35.0 Å². The van der Waals surface area contributed by atoms with Crippen molar-refractivity contribution in [3.8, 4) is 11.6 Å². The molecule has 0 unspecified atom stereocenters. The molecular formula is C14H14BrClN2O. The number of halogens is 2. The molecule has 0 bridgehead atoms. The van der Waals surface area contributed by atoms with Gasteiger partial charge < -0.3 is 4.74 Å². The number of hydrogen-bond acceptors (Lipinski definition) is 3. The predicted molar refractivity (Wildman–Crippen MR) is 80.1 cm³/mol. The fraction of sp³-hybridized carbons (Fsp3) is 0.286. The first kappa shape index (κ1) is 14.3. The van der Waals surface area contributed by atoms with E-state index in [4.69, 9.17) is 16.3 Å². The molecule has 100 valence electrons. The quantitative estimate of drug-likeness (QED) is 0.727. The Kier molecular flexibility index (Phi) is 4.42. The molecule has 0 radical (unpaired) electrons. The van der Waals surface area contributed by atoms with Crippen molar-refractivity contribution in [1.82, 2.24) is 9.97 Å². The van der Waals surface area contributed by atoms with Gasteiger partial charge in [0.15, 0.2) is 0 Å². The van der Waals surface area contributed by atoms with Crippen molar-refractivity contribution in [2.45, 2.75) is 26.7 Å². The second-order valence-electron chi connectivity index (χ2n) is 4.58.